The number of benzene rings is 1. The first kappa shape index (κ1) is 17.4. The number of nitrogens with zero attached hydrogens (tertiary/aromatic N) is 4. The summed E-state index contributed by atoms with van der Waals surface area (Å²) in [6.07, 6.45) is 9.24. The van der Waals surface area contributed by atoms with Crippen LogP contribution < -0.4 is 5.32 Å². The minimum Gasteiger partial charge on any atom is -0.325 e. The number of likely N-dealkylation sites (tertiary alicyclic amines) is 1. The molecule has 0 spiro atoms. The van der Waals surface area contributed by atoms with Gasteiger partial charge in [-0.25, -0.2) is 4.98 Å². The van der Waals surface area contributed by atoms with Gasteiger partial charge in [-0.05, 0) is 68.3 Å². The molecule has 2 aromatic heterocycles. The molecule has 1 amide bonds. The van der Waals surface area contributed by atoms with Crippen LogP contribution in [0.25, 0.3) is 5.69 Å². The van der Waals surface area contributed by atoms with E-state index in [1.165, 1.54) is 5.56 Å². The number of hydrogen-bond donors (Lipinski definition) is 1. The minimum absolute atomic E-state index is 0.0631. The number of aryl methyl sites for hydroxylation is 1. The van der Waals surface area contributed by atoms with Crippen molar-refractivity contribution in [3.8, 4) is 5.69 Å². The van der Waals surface area contributed by atoms with Crippen LogP contribution in [0.5, 0.6) is 0 Å². The summed E-state index contributed by atoms with van der Waals surface area (Å²) < 4.78 is 2.01. The van der Waals surface area contributed by atoms with Crippen molar-refractivity contribution in [3.63, 3.8) is 0 Å². The van der Waals surface area contributed by atoms with Crippen molar-refractivity contribution in [2.75, 3.05) is 11.9 Å². The van der Waals surface area contributed by atoms with Crippen LogP contribution in [-0.2, 0) is 11.3 Å². The van der Waals surface area contributed by atoms with Crippen molar-refractivity contribution in [1.29, 1.82) is 0 Å². The topological polar surface area (TPSA) is 63.1 Å². The average Bonchev–Trinajstić information content (AvgIpc) is 3.32. The van der Waals surface area contributed by atoms with E-state index in [4.69, 9.17) is 0 Å². The quantitative estimate of drug-likeness (QED) is 0.758. The molecule has 6 heteroatoms. The minimum atomic E-state index is -0.0891. The zero-order valence-electron chi connectivity index (χ0n) is 15.4. The van der Waals surface area contributed by atoms with E-state index in [1.807, 2.05) is 54.1 Å². The molecule has 0 bridgehead atoms. The van der Waals surface area contributed by atoms with Crippen molar-refractivity contribution in [2.45, 2.75) is 32.4 Å². The van der Waals surface area contributed by atoms with E-state index in [9.17, 15) is 4.79 Å². The van der Waals surface area contributed by atoms with Crippen LogP contribution in [0.3, 0.4) is 0 Å². The molecule has 0 aliphatic carbocycles. The van der Waals surface area contributed by atoms with Crippen molar-refractivity contribution < 1.29 is 4.79 Å². The largest absolute Gasteiger partial charge is 0.325 e. The number of anilines is 1. The lowest BCUT2D eigenvalue weighted by Gasteiger charge is -2.23. The number of carbonyl (C=O) groups is 1. The maximum absolute atomic E-state index is 12.8. The first-order valence-corrected chi connectivity index (χ1v) is 9.25. The highest BCUT2D eigenvalue weighted by Crippen LogP contribution is 2.22. The summed E-state index contributed by atoms with van der Waals surface area (Å²) >= 11 is 0. The Morgan fingerprint density at radius 2 is 1.93 bits per heavy atom. The smallest absolute Gasteiger partial charge is 0.241 e. The van der Waals surface area contributed by atoms with E-state index in [-0.39, 0.29) is 11.9 Å². The van der Waals surface area contributed by atoms with Gasteiger partial charge < -0.3 is 9.88 Å². The Balaban J connectivity index is 1.41. The fourth-order valence-electron chi connectivity index (χ4n) is 3.62. The van der Waals surface area contributed by atoms with E-state index in [1.54, 1.807) is 18.6 Å². The predicted octanol–water partition coefficient (Wildman–Crippen LogP) is 3.18. The maximum Gasteiger partial charge on any atom is 0.241 e. The number of imidazole rings is 1. The molecule has 6 nitrogen and oxygen atoms in total. The molecule has 1 aliphatic rings. The molecular formula is C21H23N5O. The molecule has 1 atom stereocenters. The summed E-state index contributed by atoms with van der Waals surface area (Å²) in [6, 6.07) is 11.8. The number of hydrogen-bond acceptors (Lipinski definition) is 4. The third-order valence-electron chi connectivity index (χ3n) is 5.04. The number of amides is 1. The number of nitrogens with one attached hydrogen (secondary N) is 1. The van der Waals surface area contributed by atoms with Gasteiger partial charge in [0.05, 0.1) is 6.04 Å². The molecule has 0 saturated carbocycles. The summed E-state index contributed by atoms with van der Waals surface area (Å²) in [7, 11) is 0. The van der Waals surface area contributed by atoms with Gasteiger partial charge in [-0.15, -0.1) is 0 Å². The van der Waals surface area contributed by atoms with Crippen LogP contribution in [0.4, 0.5) is 5.69 Å². The standard InChI is InChI=1S/C21H23N5O/c1-16-23-12-14-26(16)19-6-4-18(5-7-19)24-21(27)20-3-2-13-25(20)15-17-8-10-22-11-9-17/h4-12,14,20H,2-3,13,15H2,1H3,(H,24,27). The number of carbonyl (C=O) groups excluding carboxylic acids is 1. The van der Waals surface area contributed by atoms with Gasteiger partial charge in [0, 0.05) is 42.7 Å². The molecule has 1 aromatic carbocycles. The molecule has 27 heavy (non-hydrogen) atoms. The maximum atomic E-state index is 12.8. The van der Waals surface area contributed by atoms with Crippen LogP contribution in [0.15, 0.2) is 61.2 Å². The van der Waals surface area contributed by atoms with Crippen LogP contribution >= 0.6 is 0 Å². The van der Waals surface area contributed by atoms with Gasteiger partial charge >= 0.3 is 0 Å². The van der Waals surface area contributed by atoms with E-state index < -0.39 is 0 Å². The van der Waals surface area contributed by atoms with E-state index in [0.717, 1.165) is 43.1 Å². The van der Waals surface area contributed by atoms with Gasteiger partial charge in [-0.3, -0.25) is 14.7 Å². The molecule has 1 fully saturated rings. The third-order valence-corrected chi connectivity index (χ3v) is 5.04. The monoisotopic (exact) mass is 361 g/mol. The van der Waals surface area contributed by atoms with Gasteiger partial charge in [0.2, 0.25) is 5.91 Å². The van der Waals surface area contributed by atoms with E-state index >= 15 is 0 Å². The molecule has 4 rings (SSSR count). The highest BCUT2D eigenvalue weighted by atomic mass is 16.2. The first-order valence-electron chi connectivity index (χ1n) is 9.25. The molecule has 3 heterocycles. The molecular weight excluding hydrogens is 338 g/mol. The number of pyridine rings is 1. The molecule has 1 aliphatic heterocycles. The van der Waals surface area contributed by atoms with Crippen molar-refractivity contribution in [2.24, 2.45) is 0 Å². The second-order valence-corrected chi connectivity index (χ2v) is 6.86. The summed E-state index contributed by atoms with van der Waals surface area (Å²) in [5.41, 5.74) is 3.03. The van der Waals surface area contributed by atoms with Crippen molar-refractivity contribution in [1.82, 2.24) is 19.4 Å². The van der Waals surface area contributed by atoms with Gasteiger partial charge in [-0.1, -0.05) is 0 Å². The van der Waals surface area contributed by atoms with Crippen molar-refractivity contribution >= 4 is 11.6 Å². The second kappa shape index (κ2) is 7.72. The fraction of sp³-hybridized carbons (Fsp3) is 0.286. The van der Waals surface area contributed by atoms with Crippen LogP contribution in [0.1, 0.15) is 24.2 Å². The highest BCUT2D eigenvalue weighted by molar-refractivity contribution is 5.95. The molecule has 1 saturated heterocycles. The van der Waals surface area contributed by atoms with Crippen molar-refractivity contribution in [3.05, 3.63) is 72.6 Å². The molecule has 3 aromatic rings. The zero-order valence-corrected chi connectivity index (χ0v) is 15.4. The highest BCUT2D eigenvalue weighted by Gasteiger charge is 2.30. The predicted molar refractivity (Wildman–Crippen MR) is 105 cm³/mol. The molecule has 138 valence electrons. The Morgan fingerprint density at radius 1 is 1.15 bits per heavy atom. The Kier molecular flexibility index (Phi) is 4.98. The van der Waals surface area contributed by atoms with Gasteiger partial charge in [0.25, 0.3) is 0 Å². The third kappa shape index (κ3) is 3.90. The fourth-order valence-corrected chi connectivity index (χ4v) is 3.62. The van der Waals surface area contributed by atoms with Crippen LogP contribution in [0.2, 0.25) is 0 Å². The molecule has 1 unspecified atom stereocenters. The second-order valence-electron chi connectivity index (χ2n) is 6.86. The molecule has 1 N–H and O–H groups in total. The van der Waals surface area contributed by atoms with Gasteiger partial charge in [-0.2, -0.15) is 0 Å². The number of rotatable bonds is 5. The first-order chi connectivity index (χ1) is 13.2. The van der Waals surface area contributed by atoms with Gasteiger partial charge in [0.15, 0.2) is 0 Å². The zero-order chi connectivity index (χ0) is 18.6. The van der Waals surface area contributed by atoms with E-state index in [0.29, 0.717) is 0 Å². The van der Waals surface area contributed by atoms with Gasteiger partial charge in [0.1, 0.15) is 5.82 Å². The lowest BCUT2D eigenvalue weighted by atomic mass is 10.1. The lowest BCUT2D eigenvalue weighted by Crippen LogP contribution is -2.39. The average molecular weight is 361 g/mol. The lowest BCUT2D eigenvalue weighted by molar-refractivity contribution is -0.120. The Hall–Kier alpha value is -2.99. The van der Waals surface area contributed by atoms with E-state index in [2.05, 4.69) is 20.2 Å². The SMILES string of the molecule is Cc1nccn1-c1ccc(NC(=O)C2CCCN2Cc2ccncc2)cc1. The van der Waals surface area contributed by atoms with Crippen LogP contribution in [-0.4, -0.2) is 37.9 Å². The Morgan fingerprint density at radius 3 is 2.63 bits per heavy atom. The normalized spacial score (nSPS) is 17.1. The Bertz CT molecular complexity index is 904. The summed E-state index contributed by atoms with van der Waals surface area (Å²) in [4.78, 5) is 23.3. The Labute approximate surface area is 158 Å². The van der Waals surface area contributed by atoms with Crippen LogP contribution in [0, 0.1) is 6.92 Å². The summed E-state index contributed by atoms with van der Waals surface area (Å²) in [5.74, 6) is 0.998. The summed E-state index contributed by atoms with van der Waals surface area (Å²) in [5, 5.41) is 3.07. The number of aromatic nitrogens is 3. The molecule has 0 radical (unpaired) electrons. The summed E-state index contributed by atoms with van der Waals surface area (Å²) in [6.45, 7) is 3.69.